The zero-order valence-electron chi connectivity index (χ0n) is 22.8. The Morgan fingerprint density at radius 2 is 1.30 bits per heavy atom. The molecule has 9 rings (SSSR count). The summed E-state index contributed by atoms with van der Waals surface area (Å²) < 4.78 is 2.50. The molecule has 0 radical (unpaired) electrons. The number of rotatable bonds is 1. The summed E-state index contributed by atoms with van der Waals surface area (Å²) in [7, 11) is 0. The van der Waals surface area contributed by atoms with E-state index >= 15 is 0 Å². The summed E-state index contributed by atoms with van der Waals surface area (Å²) in [6.45, 7) is 4.75. The number of para-hydroxylation sites is 1. The lowest BCUT2D eigenvalue weighted by Gasteiger charge is -2.21. The van der Waals surface area contributed by atoms with Crippen molar-refractivity contribution in [3.63, 3.8) is 0 Å². The van der Waals surface area contributed by atoms with Crippen LogP contribution in [0.3, 0.4) is 0 Å². The Bertz CT molecular complexity index is 2220. The van der Waals surface area contributed by atoms with Crippen molar-refractivity contribution in [3.05, 3.63) is 131 Å². The van der Waals surface area contributed by atoms with Gasteiger partial charge in [0.1, 0.15) is 0 Å². The Hall–Kier alpha value is -4.62. The predicted octanol–water partition coefficient (Wildman–Crippen LogP) is 10.4. The fourth-order valence-corrected chi connectivity index (χ4v) is 7.73. The van der Waals surface area contributed by atoms with Crippen molar-refractivity contribution >= 4 is 49.4 Å². The molecular formula is C39H29N. The number of aromatic nitrogens is 1. The Morgan fingerprint density at radius 1 is 0.575 bits per heavy atom. The molecule has 1 aromatic heterocycles. The Balaban J connectivity index is 1.50. The average molecular weight is 512 g/mol. The van der Waals surface area contributed by atoms with Gasteiger partial charge in [-0.3, -0.25) is 0 Å². The van der Waals surface area contributed by atoms with E-state index in [0.29, 0.717) is 0 Å². The molecule has 0 saturated heterocycles. The van der Waals surface area contributed by atoms with Crippen LogP contribution in [0.1, 0.15) is 42.5 Å². The van der Waals surface area contributed by atoms with Gasteiger partial charge in [0.25, 0.3) is 0 Å². The zero-order valence-corrected chi connectivity index (χ0v) is 22.8. The molecule has 0 unspecified atom stereocenters. The van der Waals surface area contributed by atoms with Crippen LogP contribution in [0.5, 0.6) is 0 Å². The van der Waals surface area contributed by atoms with Gasteiger partial charge in [0, 0.05) is 21.9 Å². The van der Waals surface area contributed by atoms with Crippen LogP contribution >= 0.6 is 0 Å². The first-order valence-corrected chi connectivity index (χ1v) is 14.4. The molecule has 190 valence electrons. The first-order chi connectivity index (χ1) is 19.6. The van der Waals surface area contributed by atoms with E-state index in [0.717, 1.165) is 12.8 Å². The Labute approximate surface area is 234 Å². The average Bonchev–Trinajstić information content (AvgIpc) is 3.44. The molecule has 2 aliphatic carbocycles. The standard InChI is InChI=1S/C39H29N/c1-39(2)35-19-11-10-18-29(35)32-21-34-33-20-30-27-16-8-6-14-25(27)26-15-7-9-17-28(26)31(30)22-37(33)40(38(34)23-36(32)39)24-12-4-3-5-13-24/h3-8,10-16,18-23H,9,17H2,1-2H3. The third kappa shape index (κ3) is 2.77. The highest BCUT2D eigenvalue weighted by atomic mass is 15.0. The van der Waals surface area contributed by atoms with Gasteiger partial charge in [0.15, 0.2) is 0 Å². The molecule has 0 N–H and O–H groups in total. The maximum Gasteiger partial charge on any atom is 0.0547 e. The van der Waals surface area contributed by atoms with Crippen molar-refractivity contribution in [1.82, 2.24) is 4.57 Å². The van der Waals surface area contributed by atoms with Crippen LogP contribution < -0.4 is 0 Å². The molecule has 0 bridgehead atoms. The SMILES string of the molecule is CC1(C)c2ccccc2-c2cc3c4cc5c(cc4n(-c4ccccc4)c3cc21)c1c(c2ccccc25)C=CCC1. The maximum atomic E-state index is 2.50. The normalized spacial score (nSPS) is 15.2. The van der Waals surface area contributed by atoms with E-state index in [1.54, 1.807) is 0 Å². The van der Waals surface area contributed by atoms with Gasteiger partial charge in [-0.2, -0.15) is 0 Å². The summed E-state index contributed by atoms with van der Waals surface area (Å²) >= 11 is 0. The quantitative estimate of drug-likeness (QED) is 0.193. The van der Waals surface area contributed by atoms with E-state index in [-0.39, 0.29) is 5.41 Å². The smallest absolute Gasteiger partial charge is 0.0547 e. The van der Waals surface area contributed by atoms with Crippen molar-refractivity contribution in [2.24, 2.45) is 0 Å². The molecule has 0 fully saturated rings. The number of nitrogens with zero attached hydrogens (tertiary/aromatic N) is 1. The molecule has 2 aliphatic rings. The number of hydrogen-bond donors (Lipinski definition) is 0. The molecule has 40 heavy (non-hydrogen) atoms. The van der Waals surface area contributed by atoms with E-state index in [1.165, 1.54) is 82.4 Å². The van der Waals surface area contributed by atoms with Crippen molar-refractivity contribution in [1.29, 1.82) is 0 Å². The number of benzene rings is 6. The van der Waals surface area contributed by atoms with E-state index in [4.69, 9.17) is 0 Å². The second-order valence-corrected chi connectivity index (χ2v) is 12.1. The minimum Gasteiger partial charge on any atom is -0.309 e. The lowest BCUT2D eigenvalue weighted by Crippen LogP contribution is -2.14. The zero-order chi connectivity index (χ0) is 26.6. The molecular weight excluding hydrogens is 482 g/mol. The number of hydrogen-bond acceptors (Lipinski definition) is 0. The van der Waals surface area contributed by atoms with Crippen LogP contribution in [0.2, 0.25) is 0 Å². The number of aryl methyl sites for hydroxylation is 1. The minimum absolute atomic E-state index is 0.0373. The minimum atomic E-state index is -0.0373. The molecule has 6 aromatic carbocycles. The second kappa shape index (κ2) is 7.73. The molecule has 1 heteroatoms. The lowest BCUT2D eigenvalue weighted by molar-refractivity contribution is 0.661. The van der Waals surface area contributed by atoms with Gasteiger partial charge in [-0.25, -0.2) is 0 Å². The van der Waals surface area contributed by atoms with Crippen LogP contribution in [0, 0.1) is 0 Å². The summed E-state index contributed by atoms with van der Waals surface area (Å²) in [5.74, 6) is 0. The largest absolute Gasteiger partial charge is 0.309 e. The third-order valence-electron chi connectivity index (χ3n) is 9.63. The highest BCUT2D eigenvalue weighted by Crippen LogP contribution is 2.51. The van der Waals surface area contributed by atoms with Gasteiger partial charge in [-0.05, 0) is 104 Å². The van der Waals surface area contributed by atoms with Crippen molar-refractivity contribution in [2.75, 3.05) is 0 Å². The van der Waals surface area contributed by atoms with Gasteiger partial charge in [-0.1, -0.05) is 92.7 Å². The fraction of sp³-hybridized carbons (Fsp3) is 0.128. The first-order valence-electron chi connectivity index (χ1n) is 14.4. The topological polar surface area (TPSA) is 4.93 Å². The van der Waals surface area contributed by atoms with Crippen molar-refractivity contribution in [2.45, 2.75) is 32.1 Å². The highest BCUT2D eigenvalue weighted by Gasteiger charge is 2.36. The van der Waals surface area contributed by atoms with Crippen LogP contribution in [-0.4, -0.2) is 4.57 Å². The molecule has 0 atom stereocenters. The van der Waals surface area contributed by atoms with Gasteiger partial charge in [0.05, 0.1) is 11.0 Å². The molecule has 0 saturated carbocycles. The highest BCUT2D eigenvalue weighted by molar-refractivity contribution is 6.21. The van der Waals surface area contributed by atoms with E-state index in [2.05, 4.69) is 134 Å². The Morgan fingerprint density at radius 3 is 2.17 bits per heavy atom. The van der Waals surface area contributed by atoms with E-state index < -0.39 is 0 Å². The number of allylic oxidation sites excluding steroid dienone is 1. The van der Waals surface area contributed by atoms with Gasteiger partial charge in [-0.15, -0.1) is 0 Å². The molecule has 1 heterocycles. The summed E-state index contributed by atoms with van der Waals surface area (Å²) in [4.78, 5) is 0. The summed E-state index contributed by atoms with van der Waals surface area (Å²) in [6, 6.07) is 38.8. The van der Waals surface area contributed by atoms with Crippen molar-refractivity contribution in [3.8, 4) is 16.8 Å². The van der Waals surface area contributed by atoms with Crippen LogP contribution in [0.15, 0.2) is 109 Å². The fourth-order valence-electron chi connectivity index (χ4n) is 7.73. The monoisotopic (exact) mass is 511 g/mol. The maximum absolute atomic E-state index is 2.50. The van der Waals surface area contributed by atoms with Crippen LogP contribution in [0.4, 0.5) is 0 Å². The number of fused-ring (bicyclic) bond motifs is 12. The van der Waals surface area contributed by atoms with Gasteiger partial charge < -0.3 is 4.57 Å². The lowest BCUT2D eigenvalue weighted by atomic mass is 9.82. The Kier molecular flexibility index (Phi) is 4.30. The summed E-state index contributed by atoms with van der Waals surface area (Å²) in [5, 5.41) is 8.12. The summed E-state index contributed by atoms with van der Waals surface area (Å²) in [6.07, 6.45) is 6.87. The van der Waals surface area contributed by atoms with E-state index in [1.807, 2.05) is 0 Å². The van der Waals surface area contributed by atoms with Crippen molar-refractivity contribution < 1.29 is 0 Å². The third-order valence-corrected chi connectivity index (χ3v) is 9.63. The first kappa shape index (κ1) is 22.2. The van der Waals surface area contributed by atoms with Crippen LogP contribution in [-0.2, 0) is 11.8 Å². The molecule has 7 aromatic rings. The second-order valence-electron chi connectivity index (χ2n) is 12.1. The van der Waals surface area contributed by atoms with E-state index in [9.17, 15) is 0 Å². The predicted molar refractivity (Wildman–Crippen MR) is 171 cm³/mol. The van der Waals surface area contributed by atoms with Gasteiger partial charge in [0.2, 0.25) is 0 Å². The molecule has 0 aliphatic heterocycles. The summed E-state index contributed by atoms with van der Waals surface area (Å²) in [5.41, 5.74) is 12.2. The molecule has 0 amide bonds. The molecule has 1 nitrogen and oxygen atoms in total. The molecule has 0 spiro atoms. The van der Waals surface area contributed by atoms with Gasteiger partial charge >= 0.3 is 0 Å². The van der Waals surface area contributed by atoms with Crippen LogP contribution in [0.25, 0.3) is 66.2 Å².